The fourth-order valence-corrected chi connectivity index (χ4v) is 2.49. The molecule has 0 aliphatic rings. The van der Waals surface area contributed by atoms with Gasteiger partial charge in [-0.15, -0.1) is 0 Å². The molecule has 0 aromatic heterocycles. The minimum absolute atomic E-state index is 0.0758. The van der Waals surface area contributed by atoms with E-state index in [9.17, 15) is 9.18 Å². The van der Waals surface area contributed by atoms with Crippen LogP contribution in [0, 0.1) is 5.82 Å². The van der Waals surface area contributed by atoms with Crippen LogP contribution in [0.2, 0.25) is 0 Å². The zero-order valence-electron chi connectivity index (χ0n) is 14.1. The Morgan fingerprint density at radius 2 is 1.58 bits per heavy atom. The Kier molecular flexibility index (Phi) is 7.27. The normalized spacial score (nSPS) is 10.4. The van der Waals surface area contributed by atoms with Gasteiger partial charge in [-0.1, -0.05) is 24.3 Å². The van der Waals surface area contributed by atoms with Crippen LogP contribution in [0.15, 0.2) is 48.5 Å². The lowest BCUT2D eigenvalue weighted by atomic mass is 10.1. The number of carbonyl (C=O) groups is 1. The summed E-state index contributed by atoms with van der Waals surface area (Å²) in [5.74, 6) is 0.700. The van der Waals surface area contributed by atoms with E-state index in [0.717, 1.165) is 37.0 Å². The fraction of sp³-hybridized carbons (Fsp3) is 0.350. The van der Waals surface area contributed by atoms with Crippen molar-refractivity contribution in [1.29, 1.82) is 0 Å². The molecule has 0 saturated heterocycles. The van der Waals surface area contributed by atoms with Crippen LogP contribution in [0.25, 0.3) is 0 Å². The summed E-state index contributed by atoms with van der Waals surface area (Å²) < 4.78 is 17.9. The minimum Gasteiger partial charge on any atom is -0.497 e. The molecular weight excluding hydrogens is 305 g/mol. The van der Waals surface area contributed by atoms with E-state index in [1.54, 1.807) is 19.2 Å². The van der Waals surface area contributed by atoms with Crippen LogP contribution in [0.3, 0.4) is 0 Å². The maximum Gasteiger partial charge on any atom is 0.220 e. The zero-order valence-corrected chi connectivity index (χ0v) is 14.1. The Morgan fingerprint density at radius 1 is 0.958 bits per heavy atom. The van der Waals surface area contributed by atoms with Crippen molar-refractivity contribution in [2.24, 2.45) is 0 Å². The highest BCUT2D eigenvalue weighted by Gasteiger charge is 2.02. The molecule has 0 atom stereocenters. The molecule has 1 N–H and O–H groups in total. The van der Waals surface area contributed by atoms with Gasteiger partial charge < -0.3 is 10.1 Å². The maximum atomic E-state index is 12.8. The van der Waals surface area contributed by atoms with E-state index in [1.165, 1.54) is 17.7 Å². The van der Waals surface area contributed by atoms with Crippen molar-refractivity contribution < 1.29 is 13.9 Å². The molecule has 2 aromatic rings. The number of benzene rings is 2. The fourth-order valence-electron chi connectivity index (χ4n) is 2.49. The van der Waals surface area contributed by atoms with Crippen molar-refractivity contribution in [1.82, 2.24) is 5.32 Å². The summed E-state index contributed by atoms with van der Waals surface area (Å²) in [6.45, 7) is 0.586. The first-order valence-electron chi connectivity index (χ1n) is 8.31. The quantitative estimate of drug-likeness (QED) is 0.709. The van der Waals surface area contributed by atoms with Crippen LogP contribution in [0.5, 0.6) is 5.75 Å². The van der Waals surface area contributed by atoms with Crippen LogP contribution in [0.1, 0.15) is 30.4 Å². The molecule has 0 saturated carbocycles. The number of carbonyl (C=O) groups excluding carboxylic acids is 1. The molecule has 2 aromatic carbocycles. The molecule has 0 radical (unpaired) electrons. The second-order valence-electron chi connectivity index (χ2n) is 5.78. The molecule has 2 rings (SSSR count). The van der Waals surface area contributed by atoms with Crippen LogP contribution in [-0.2, 0) is 17.6 Å². The van der Waals surface area contributed by atoms with Crippen molar-refractivity contribution in [3.8, 4) is 5.75 Å². The molecule has 1 amide bonds. The lowest BCUT2D eigenvalue weighted by molar-refractivity contribution is -0.121. The monoisotopic (exact) mass is 329 g/mol. The number of aryl methyl sites for hydroxylation is 1. The Balaban J connectivity index is 1.56. The SMILES string of the molecule is COc1ccc(CCCCC(=O)NCCc2ccc(F)cc2)cc1. The Morgan fingerprint density at radius 3 is 2.25 bits per heavy atom. The number of halogens is 1. The highest BCUT2D eigenvalue weighted by Crippen LogP contribution is 2.13. The molecule has 4 heteroatoms. The number of amides is 1. The topological polar surface area (TPSA) is 38.3 Å². The Hall–Kier alpha value is -2.36. The largest absolute Gasteiger partial charge is 0.497 e. The molecule has 128 valence electrons. The number of hydrogen-bond acceptors (Lipinski definition) is 2. The lowest BCUT2D eigenvalue weighted by Gasteiger charge is -2.06. The van der Waals surface area contributed by atoms with Crippen molar-refractivity contribution in [3.63, 3.8) is 0 Å². The third kappa shape index (κ3) is 6.41. The molecule has 3 nitrogen and oxygen atoms in total. The molecule has 0 heterocycles. The van der Waals surface area contributed by atoms with Crippen molar-refractivity contribution in [2.45, 2.75) is 32.1 Å². The molecule has 0 aliphatic carbocycles. The number of hydrogen-bond donors (Lipinski definition) is 1. The van der Waals surface area contributed by atoms with E-state index >= 15 is 0 Å². The zero-order chi connectivity index (χ0) is 17.2. The van der Waals surface area contributed by atoms with Gasteiger partial charge >= 0.3 is 0 Å². The summed E-state index contributed by atoms with van der Waals surface area (Å²) in [6, 6.07) is 14.4. The van der Waals surface area contributed by atoms with E-state index in [1.807, 2.05) is 12.1 Å². The van der Waals surface area contributed by atoms with Gasteiger partial charge in [-0.05, 0) is 61.1 Å². The van der Waals surface area contributed by atoms with Gasteiger partial charge in [-0.25, -0.2) is 4.39 Å². The van der Waals surface area contributed by atoms with Gasteiger partial charge in [0.05, 0.1) is 7.11 Å². The lowest BCUT2D eigenvalue weighted by Crippen LogP contribution is -2.25. The van der Waals surface area contributed by atoms with Crippen LogP contribution in [0.4, 0.5) is 4.39 Å². The maximum absolute atomic E-state index is 12.8. The Bertz CT molecular complexity index is 623. The van der Waals surface area contributed by atoms with Gasteiger partial charge in [0.15, 0.2) is 0 Å². The van der Waals surface area contributed by atoms with Crippen LogP contribution in [-0.4, -0.2) is 19.6 Å². The van der Waals surface area contributed by atoms with Crippen LogP contribution >= 0.6 is 0 Å². The second-order valence-corrected chi connectivity index (χ2v) is 5.78. The minimum atomic E-state index is -0.236. The number of nitrogens with one attached hydrogen (secondary N) is 1. The summed E-state index contributed by atoms with van der Waals surface area (Å²) in [7, 11) is 1.66. The molecule has 24 heavy (non-hydrogen) atoms. The van der Waals surface area contributed by atoms with Crippen molar-refractivity contribution in [3.05, 3.63) is 65.5 Å². The summed E-state index contributed by atoms with van der Waals surface area (Å²) in [5.41, 5.74) is 2.28. The van der Waals surface area contributed by atoms with E-state index < -0.39 is 0 Å². The van der Waals surface area contributed by atoms with Crippen LogP contribution < -0.4 is 10.1 Å². The Labute approximate surface area is 142 Å². The smallest absolute Gasteiger partial charge is 0.220 e. The molecule has 0 spiro atoms. The van der Waals surface area contributed by atoms with Gasteiger partial charge in [-0.3, -0.25) is 4.79 Å². The predicted octanol–water partition coefficient (Wildman–Crippen LogP) is 3.91. The number of unbranched alkanes of at least 4 members (excludes halogenated alkanes) is 1. The summed E-state index contributed by atoms with van der Waals surface area (Å²) in [6.07, 6.45) is 4.08. The molecule has 0 unspecified atom stereocenters. The first-order valence-corrected chi connectivity index (χ1v) is 8.31. The van der Waals surface area contributed by atoms with E-state index in [0.29, 0.717) is 13.0 Å². The molecular formula is C20H24FNO2. The number of ether oxygens (including phenoxy) is 1. The van der Waals surface area contributed by atoms with Gasteiger partial charge in [0.25, 0.3) is 0 Å². The van der Waals surface area contributed by atoms with Gasteiger partial charge in [-0.2, -0.15) is 0 Å². The third-order valence-electron chi connectivity index (χ3n) is 3.93. The highest BCUT2D eigenvalue weighted by molar-refractivity contribution is 5.75. The summed E-state index contributed by atoms with van der Waals surface area (Å²) in [4.78, 5) is 11.8. The number of rotatable bonds is 9. The first kappa shape index (κ1) is 18.0. The van der Waals surface area contributed by atoms with Crippen molar-refractivity contribution >= 4 is 5.91 Å². The standard InChI is InChI=1S/C20H24FNO2/c1-24-19-12-8-16(9-13-19)4-2-3-5-20(23)22-15-14-17-6-10-18(21)11-7-17/h6-13H,2-5,14-15H2,1H3,(H,22,23). The average molecular weight is 329 g/mol. The summed E-state index contributed by atoms with van der Waals surface area (Å²) >= 11 is 0. The van der Waals surface area contributed by atoms with E-state index in [-0.39, 0.29) is 11.7 Å². The molecule has 0 bridgehead atoms. The average Bonchev–Trinajstić information content (AvgIpc) is 2.61. The van der Waals surface area contributed by atoms with Gasteiger partial charge in [0, 0.05) is 13.0 Å². The third-order valence-corrected chi connectivity index (χ3v) is 3.93. The van der Waals surface area contributed by atoms with Gasteiger partial charge in [0.2, 0.25) is 5.91 Å². The highest BCUT2D eigenvalue weighted by atomic mass is 19.1. The van der Waals surface area contributed by atoms with E-state index in [4.69, 9.17) is 4.74 Å². The first-order chi connectivity index (χ1) is 11.7. The molecule has 0 fully saturated rings. The van der Waals surface area contributed by atoms with Gasteiger partial charge in [0.1, 0.15) is 11.6 Å². The second kappa shape index (κ2) is 9.71. The number of methoxy groups -OCH3 is 1. The summed E-state index contributed by atoms with van der Waals surface area (Å²) in [5, 5.41) is 2.91. The molecule has 0 aliphatic heterocycles. The van der Waals surface area contributed by atoms with Crippen molar-refractivity contribution in [2.75, 3.05) is 13.7 Å². The van der Waals surface area contributed by atoms with E-state index in [2.05, 4.69) is 17.4 Å². The predicted molar refractivity (Wildman–Crippen MR) is 93.7 cm³/mol.